The van der Waals surface area contributed by atoms with E-state index in [1.54, 1.807) is 11.3 Å². The maximum atomic E-state index is 12.3. The normalized spacial score (nSPS) is 11.0. The molecule has 2 heterocycles. The van der Waals surface area contributed by atoms with Gasteiger partial charge >= 0.3 is 0 Å². The summed E-state index contributed by atoms with van der Waals surface area (Å²) in [6, 6.07) is 12.2. The van der Waals surface area contributed by atoms with Crippen LogP contribution in [0.1, 0.15) is 28.4 Å². The molecule has 0 fully saturated rings. The quantitative estimate of drug-likeness (QED) is 0.549. The van der Waals surface area contributed by atoms with E-state index < -0.39 is 0 Å². The lowest BCUT2D eigenvalue weighted by molar-refractivity contribution is -0.121. The molecule has 3 aromatic rings. The molecule has 6 heteroatoms. The third-order valence-electron chi connectivity index (χ3n) is 4.67. The van der Waals surface area contributed by atoms with Crippen LogP contribution in [-0.2, 0) is 22.7 Å². The van der Waals surface area contributed by atoms with E-state index in [2.05, 4.69) is 21.7 Å². The second-order valence-electron chi connectivity index (χ2n) is 6.86. The molecule has 0 saturated heterocycles. The predicted octanol–water partition coefficient (Wildman–Crippen LogP) is 4.26. The Labute approximate surface area is 170 Å². The van der Waals surface area contributed by atoms with E-state index >= 15 is 0 Å². The summed E-state index contributed by atoms with van der Waals surface area (Å²) < 4.78 is 7.70. The summed E-state index contributed by atoms with van der Waals surface area (Å²) in [5.74, 6) is 0.0193. The standard InChI is InChI=1S/C22H27N3O2S/c1-16-12-20(21-15-28-18(3)24-21)17(2)25(16)13-22(26)23-10-7-11-27-14-19-8-5-4-6-9-19/h4-6,8-9,12,15H,7,10-11,13-14H2,1-3H3,(H,23,26). The Morgan fingerprint density at radius 1 is 1.21 bits per heavy atom. The number of benzene rings is 1. The van der Waals surface area contributed by atoms with Gasteiger partial charge in [-0.2, -0.15) is 0 Å². The molecule has 3 rings (SSSR count). The van der Waals surface area contributed by atoms with Crippen LogP contribution in [0.15, 0.2) is 41.8 Å². The molecule has 1 amide bonds. The van der Waals surface area contributed by atoms with Crippen molar-refractivity contribution in [2.45, 2.75) is 40.3 Å². The number of carbonyl (C=O) groups excluding carboxylic acids is 1. The van der Waals surface area contributed by atoms with Crippen molar-refractivity contribution in [1.82, 2.24) is 14.9 Å². The number of nitrogens with one attached hydrogen (secondary N) is 1. The zero-order chi connectivity index (χ0) is 19.9. The molecule has 28 heavy (non-hydrogen) atoms. The van der Waals surface area contributed by atoms with Gasteiger partial charge in [-0.3, -0.25) is 4.79 Å². The first-order valence-corrected chi connectivity index (χ1v) is 10.4. The van der Waals surface area contributed by atoms with E-state index in [1.165, 1.54) is 0 Å². The molecule has 0 unspecified atom stereocenters. The second-order valence-corrected chi connectivity index (χ2v) is 7.93. The fourth-order valence-electron chi connectivity index (χ4n) is 3.16. The molecule has 0 aliphatic rings. The first-order valence-electron chi connectivity index (χ1n) is 9.52. The summed E-state index contributed by atoms with van der Waals surface area (Å²) in [6.07, 6.45) is 0.797. The Balaban J connectivity index is 1.43. The topological polar surface area (TPSA) is 56.2 Å². The Bertz CT molecular complexity index is 915. The van der Waals surface area contributed by atoms with Crippen molar-refractivity contribution >= 4 is 17.2 Å². The highest BCUT2D eigenvalue weighted by Gasteiger charge is 2.15. The van der Waals surface area contributed by atoms with E-state index in [9.17, 15) is 4.79 Å². The molecule has 148 valence electrons. The van der Waals surface area contributed by atoms with Crippen LogP contribution in [0.5, 0.6) is 0 Å². The third kappa shape index (κ3) is 5.30. The highest BCUT2D eigenvalue weighted by Crippen LogP contribution is 2.27. The molecule has 5 nitrogen and oxygen atoms in total. The van der Waals surface area contributed by atoms with Gasteiger partial charge in [-0.25, -0.2) is 4.98 Å². The lowest BCUT2D eigenvalue weighted by Gasteiger charge is -2.11. The molecule has 2 aromatic heterocycles. The smallest absolute Gasteiger partial charge is 0.239 e. The molecular weight excluding hydrogens is 370 g/mol. The number of nitrogens with zero attached hydrogens (tertiary/aromatic N) is 2. The van der Waals surface area contributed by atoms with Crippen molar-refractivity contribution in [2.75, 3.05) is 13.2 Å². The van der Waals surface area contributed by atoms with Crippen LogP contribution in [0.4, 0.5) is 0 Å². The average molecular weight is 398 g/mol. The summed E-state index contributed by atoms with van der Waals surface area (Å²) in [5, 5.41) is 6.10. The van der Waals surface area contributed by atoms with Crippen molar-refractivity contribution in [1.29, 1.82) is 0 Å². The summed E-state index contributed by atoms with van der Waals surface area (Å²) in [7, 11) is 0. The molecular formula is C22H27N3O2S. The zero-order valence-corrected chi connectivity index (χ0v) is 17.5. The Hall–Kier alpha value is -2.44. The van der Waals surface area contributed by atoms with Gasteiger partial charge in [-0.15, -0.1) is 11.3 Å². The van der Waals surface area contributed by atoms with Gasteiger partial charge in [0.25, 0.3) is 0 Å². The minimum Gasteiger partial charge on any atom is -0.377 e. The highest BCUT2D eigenvalue weighted by atomic mass is 32.1. The number of amides is 1. The number of aromatic nitrogens is 2. The van der Waals surface area contributed by atoms with Gasteiger partial charge < -0.3 is 14.6 Å². The minimum absolute atomic E-state index is 0.0193. The first-order chi connectivity index (χ1) is 13.5. The van der Waals surface area contributed by atoms with E-state index in [1.807, 2.05) is 55.7 Å². The fourth-order valence-corrected chi connectivity index (χ4v) is 3.77. The number of rotatable bonds is 9. The van der Waals surface area contributed by atoms with Gasteiger partial charge in [0.05, 0.1) is 17.3 Å². The average Bonchev–Trinajstić information content (AvgIpc) is 3.23. The number of hydrogen-bond acceptors (Lipinski definition) is 4. The van der Waals surface area contributed by atoms with Crippen molar-refractivity contribution < 1.29 is 9.53 Å². The zero-order valence-electron chi connectivity index (χ0n) is 16.7. The molecule has 0 aliphatic carbocycles. The SMILES string of the molecule is Cc1nc(-c2cc(C)n(CC(=O)NCCCOCc3ccccc3)c2C)cs1. The molecule has 0 radical (unpaired) electrons. The monoisotopic (exact) mass is 397 g/mol. The first kappa shape index (κ1) is 20.3. The number of thiazole rings is 1. The Morgan fingerprint density at radius 3 is 2.71 bits per heavy atom. The Morgan fingerprint density at radius 2 is 2.00 bits per heavy atom. The van der Waals surface area contributed by atoms with Crippen LogP contribution in [0.2, 0.25) is 0 Å². The summed E-state index contributed by atoms with van der Waals surface area (Å²) in [6.45, 7) is 8.25. The van der Waals surface area contributed by atoms with Gasteiger partial charge in [0.2, 0.25) is 5.91 Å². The van der Waals surface area contributed by atoms with Gasteiger partial charge in [0.1, 0.15) is 6.54 Å². The summed E-state index contributed by atoms with van der Waals surface area (Å²) in [4.78, 5) is 16.9. The molecule has 1 aromatic carbocycles. The van der Waals surface area contributed by atoms with Gasteiger partial charge in [0, 0.05) is 35.5 Å². The maximum Gasteiger partial charge on any atom is 0.239 e. The molecule has 1 N–H and O–H groups in total. The number of aryl methyl sites for hydroxylation is 2. The molecule has 0 aliphatic heterocycles. The van der Waals surface area contributed by atoms with Gasteiger partial charge in [0.15, 0.2) is 0 Å². The minimum atomic E-state index is 0.0193. The van der Waals surface area contributed by atoms with Gasteiger partial charge in [-0.1, -0.05) is 30.3 Å². The van der Waals surface area contributed by atoms with Crippen LogP contribution in [0, 0.1) is 20.8 Å². The van der Waals surface area contributed by atoms with Crippen molar-refractivity contribution in [3.8, 4) is 11.3 Å². The predicted molar refractivity (Wildman–Crippen MR) is 113 cm³/mol. The number of carbonyl (C=O) groups is 1. The van der Waals surface area contributed by atoms with Crippen LogP contribution >= 0.6 is 11.3 Å². The van der Waals surface area contributed by atoms with Gasteiger partial charge in [-0.05, 0) is 38.8 Å². The third-order valence-corrected chi connectivity index (χ3v) is 5.44. The van der Waals surface area contributed by atoms with Crippen molar-refractivity contribution in [3.05, 3.63) is 63.7 Å². The van der Waals surface area contributed by atoms with Crippen molar-refractivity contribution in [3.63, 3.8) is 0 Å². The van der Waals surface area contributed by atoms with Crippen LogP contribution < -0.4 is 5.32 Å². The van der Waals surface area contributed by atoms with Crippen LogP contribution in [0.3, 0.4) is 0 Å². The largest absolute Gasteiger partial charge is 0.377 e. The number of ether oxygens (including phenoxy) is 1. The van der Waals surface area contributed by atoms with Crippen LogP contribution in [0.25, 0.3) is 11.3 Å². The lowest BCUT2D eigenvalue weighted by Crippen LogP contribution is -2.29. The van der Waals surface area contributed by atoms with E-state index in [0.717, 1.165) is 39.6 Å². The lowest BCUT2D eigenvalue weighted by atomic mass is 10.2. The molecule has 0 spiro atoms. The maximum absolute atomic E-state index is 12.3. The molecule has 0 atom stereocenters. The van der Waals surface area contributed by atoms with Crippen LogP contribution in [-0.4, -0.2) is 28.6 Å². The van der Waals surface area contributed by atoms with E-state index in [0.29, 0.717) is 26.3 Å². The van der Waals surface area contributed by atoms with Crippen molar-refractivity contribution in [2.24, 2.45) is 0 Å². The molecule has 0 bridgehead atoms. The van der Waals surface area contributed by atoms with E-state index in [-0.39, 0.29) is 5.91 Å². The Kier molecular flexibility index (Phi) is 7.01. The summed E-state index contributed by atoms with van der Waals surface area (Å²) >= 11 is 1.64. The fraction of sp³-hybridized carbons (Fsp3) is 0.364. The molecule has 0 saturated carbocycles. The van der Waals surface area contributed by atoms with E-state index in [4.69, 9.17) is 4.74 Å². The highest BCUT2D eigenvalue weighted by molar-refractivity contribution is 7.09. The number of hydrogen-bond donors (Lipinski definition) is 1. The summed E-state index contributed by atoms with van der Waals surface area (Å²) in [5.41, 5.74) is 5.39. The second kappa shape index (κ2) is 9.66.